The second-order valence-corrected chi connectivity index (χ2v) is 6.75. The summed E-state index contributed by atoms with van der Waals surface area (Å²) < 4.78 is 12.7. The topological polar surface area (TPSA) is 64.8 Å². The number of amides is 1. The van der Waals surface area contributed by atoms with Crippen molar-refractivity contribution < 1.29 is 14.3 Å². The number of aromatic nitrogens is 1. The molecule has 6 nitrogen and oxygen atoms in total. The van der Waals surface area contributed by atoms with Gasteiger partial charge in [0, 0.05) is 17.0 Å². The van der Waals surface area contributed by atoms with Crippen LogP contribution in [0.15, 0.2) is 59.7 Å². The predicted molar refractivity (Wildman–Crippen MR) is 114 cm³/mol. The highest BCUT2D eigenvalue weighted by Gasteiger charge is 2.12. The summed E-state index contributed by atoms with van der Waals surface area (Å²) in [6.45, 7) is 3.80. The summed E-state index contributed by atoms with van der Waals surface area (Å²) in [5, 5.41) is 4.71. The Morgan fingerprint density at radius 1 is 1.14 bits per heavy atom. The van der Waals surface area contributed by atoms with E-state index in [2.05, 4.69) is 15.1 Å². The van der Waals surface area contributed by atoms with E-state index >= 15 is 0 Å². The molecule has 0 saturated carbocycles. The van der Waals surface area contributed by atoms with Crippen molar-refractivity contribution in [1.82, 2.24) is 9.99 Å². The molecule has 0 saturated heterocycles. The van der Waals surface area contributed by atoms with Gasteiger partial charge in [-0.3, -0.25) is 4.79 Å². The van der Waals surface area contributed by atoms with Crippen LogP contribution in [0.3, 0.4) is 0 Å². The lowest BCUT2D eigenvalue weighted by Gasteiger charge is -2.11. The average Bonchev–Trinajstić information content (AvgIpc) is 3.00. The summed E-state index contributed by atoms with van der Waals surface area (Å²) in [6, 6.07) is 16.8. The molecular weight excluding hydrogens is 390 g/mol. The van der Waals surface area contributed by atoms with E-state index in [9.17, 15) is 4.79 Å². The molecule has 2 aromatic carbocycles. The number of para-hydroxylation sites is 3. The molecule has 1 aromatic heterocycles. The van der Waals surface area contributed by atoms with E-state index < -0.39 is 0 Å². The number of nitrogens with one attached hydrogen (secondary N) is 1. The van der Waals surface area contributed by atoms with Crippen molar-refractivity contribution in [3.63, 3.8) is 0 Å². The standard InChI is InChI=1S/C22H22ClN3O3/c1-15-12-17(16(2)26(15)19-9-5-4-8-18(19)23)13-24-25-22(27)14-29-21-11-7-6-10-20(21)28-3/h4-13H,14H2,1-3H3,(H,25,27)/b24-13+. The largest absolute Gasteiger partial charge is 0.493 e. The van der Waals surface area contributed by atoms with Gasteiger partial charge in [0.1, 0.15) is 0 Å². The molecule has 0 spiro atoms. The quantitative estimate of drug-likeness (QED) is 0.466. The molecule has 0 aliphatic rings. The number of rotatable bonds is 7. The highest BCUT2D eigenvalue weighted by molar-refractivity contribution is 6.32. The number of hydrazone groups is 1. The first-order valence-corrected chi connectivity index (χ1v) is 9.40. The number of methoxy groups -OCH3 is 1. The molecule has 0 aliphatic heterocycles. The first-order chi connectivity index (χ1) is 14.0. The minimum absolute atomic E-state index is 0.170. The van der Waals surface area contributed by atoms with Crippen LogP contribution in [0.1, 0.15) is 17.0 Å². The third-order valence-electron chi connectivity index (χ3n) is 4.38. The fourth-order valence-corrected chi connectivity index (χ4v) is 3.23. The average molecular weight is 412 g/mol. The van der Waals surface area contributed by atoms with Gasteiger partial charge in [-0.2, -0.15) is 5.10 Å². The van der Waals surface area contributed by atoms with Crippen molar-refractivity contribution in [2.24, 2.45) is 5.10 Å². The number of nitrogens with zero attached hydrogens (tertiary/aromatic N) is 2. The molecule has 7 heteroatoms. The summed E-state index contributed by atoms with van der Waals surface area (Å²) >= 11 is 6.33. The molecule has 3 rings (SSSR count). The zero-order valence-corrected chi connectivity index (χ0v) is 17.2. The minimum atomic E-state index is -0.368. The number of carbonyl (C=O) groups is 1. The molecular formula is C22H22ClN3O3. The highest BCUT2D eigenvalue weighted by atomic mass is 35.5. The fraction of sp³-hybridized carbons (Fsp3) is 0.182. The lowest BCUT2D eigenvalue weighted by molar-refractivity contribution is -0.123. The SMILES string of the molecule is COc1ccccc1OCC(=O)N/N=C/c1cc(C)n(-c2ccccc2Cl)c1C. The van der Waals surface area contributed by atoms with Crippen molar-refractivity contribution in [3.8, 4) is 17.2 Å². The maximum atomic E-state index is 12.0. The molecule has 1 heterocycles. The third-order valence-corrected chi connectivity index (χ3v) is 4.70. The fourth-order valence-electron chi connectivity index (χ4n) is 3.01. The maximum Gasteiger partial charge on any atom is 0.277 e. The van der Waals surface area contributed by atoms with Crippen LogP contribution in [0.4, 0.5) is 0 Å². The molecule has 0 bridgehead atoms. The Bertz CT molecular complexity index is 1040. The summed E-state index contributed by atoms with van der Waals surface area (Å²) in [7, 11) is 1.55. The number of benzene rings is 2. The van der Waals surface area contributed by atoms with Gasteiger partial charge < -0.3 is 14.0 Å². The molecule has 0 aliphatic carbocycles. The van der Waals surface area contributed by atoms with Crippen LogP contribution in [0.25, 0.3) is 5.69 Å². The number of hydrogen-bond donors (Lipinski definition) is 1. The molecule has 0 radical (unpaired) electrons. The second kappa shape index (κ2) is 9.30. The van der Waals surface area contributed by atoms with Gasteiger partial charge in [-0.15, -0.1) is 0 Å². The number of hydrogen-bond acceptors (Lipinski definition) is 4. The van der Waals surface area contributed by atoms with Gasteiger partial charge in [0.25, 0.3) is 5.91 Å². The molecule has 0 unspecified atom stereocenters. The van der Waals surface area contributed by atoms with Gasteiger partial charge in [-0.05, 0) is 44.2 Å². The lowest BCUT2D eigenvalue weighted by Crippen LogP contribution is -2.24. The minimum Gasteiger partial charge on any atom is -0.493 e. The lowest BCUT2D eigenvalue weighted by atomic mass is 10.2. The first kappa shape index (κ1) is 20.5. The van der Waals surface area contributed by atoms with E-state index in [1.54, 1.807) is 25.5 Å². The monoisotopic (exact) mass is 411 g/mol. The van der Waals surface area contributed by atoms with Crippen LogP contribution in [0, 0.1) is 13.8 Å². The van der Waals surface area contributed by atoms with E-state index in [4.69, 9.17) is 21.1 Å². The normalized spacial score (nSPS) is 10.9. The Labute approximate surface area is 174 Å². The van der Waals surface area contributed by atoms with Gasteiger partial charge in [0.2, 0.25) is 0 Å². The summed E-state index contributed by atoms with van der Waals surface area (Å²) in [5.41, 5.74) is 6.25. The first-order valence-electron chi connectivity index (χ1n) is 9.03. The van der Waals surface area contributed by atoms with Gasteiger partial charge >= 0.3 is 0 Å². The van der Waals surface area contributed by atoms with Crippen LogP contribution >= 0.6 is 11.6 Å². The Morgan fingerprint density at radius 3 is 2.55 bits per heavy atom. The van der Waals surface area contributed by atoms with E-state index in [-0.39, 0.29) is 12.5 Å². The molecule has 1 N–H and O–H groups in total. The Balaban J connectivity index is 1.64. The Kier molecular flexibility index (Phi) is 6.57. The van der Waals surface area contributed by atoms with E-state index in [0.29, 0.717) is 16.5 Å². The Morgan fingerprint density at radius 2 is 1.83 bits per heavy atom. The van der Waals surface area contributed by atoms with Gasteiger partial charge in [-0.25, -0.2) is 5.43 Å². The highest BCUT2D eigenvalue weighted by Crippen LogP contribution is 2.26. The van der Waals surface area contributed by atoms with Crippen LogP contribution in [-0.4, -0.2) is 30.4 Å². The molecule has 1 amide bonds. The third kappa shape index (κ3) is 4.78. The van der Waals surface area contributed by atoms with Crippen LogP contribution in [0.5, 0.6) is 11.5 Å². The van der Waals surface area contributed by atoms with Gasteiger partial charge in [0.15, 0.2) is 18.1 Å². The second-order valence-electron chi connectivity index (χ2n) is 6.35. The number of ether oxygens (including phenoxy) is 2. The molecule has 29 heavy (non-hydrogen) atoms. The zero-order chi connectivity index (χ0) is 20.8. The van der Waals surface area contributed by atoms with Crippen molar-refractivity contribution in [1.29, 1.82) is 0 Å². The van der Waals surface area contributed by atoms with Crippen LogP contribution in [-0.2, 0) is 4.79 Å². The van der Waals surface area contributed by atoms with Crippen molar-refractivity contribution >= 4 is 23.7 Å². The van der Waals surface area contributed by atoms with E-state index in [1.165, 1.54) is 0 Å². The molecule has 0 fully saturated rings. The van der Waals surface area contributed by atoms with Crippen molar-refractivity contribution in [3.05, 3.63) is 76.6 Å². The van der Waals surface area contributed by atoms with E-state index in [1.807, 2.05) is 56.3 Å². The summed E-state index contributed by atoms with van der Waals surface area (Å²) in [4.78, 5) is 12.0. The van der Waals surface area contributed by atoms with Crippen LogP contribution in [0.2, 0.25) is 5.02 Å². The smallest absolute Gasteiger partial charge is 0.277 e. The summed E-state index contributed by atoms with van der Waals surface area (Å²) in [5.74, 6) is 0.695. The number of halogens is 1. The number of carbonyl (C=O) groups excluding carboxylic acids is 1. The molecule has 150 valence electrons. The maximum absolute atomic E-state index is 12.0. The molecule has 3 aromatic rings. The van der Waals surface area contributed by atoms with E-state index in [0.717, 1.165) is 22.6 Å². The van der Waals surface area contributed by atoms with Crippen molar-refractivity contribution in [2.45, 2.75) is 13.8 Å². The van der Waals surface area contributed by atoms with Crippen LogP contribution < -0.4 is 14.9 Å². The van der Waals surface area contributed by atoms with Crippen molar-refractivity contribution in [2.75, 3.05) is 13.7 Å². The number of aryl methyl sites for hydroxylation is 1. The predicted octanol–water partition coefficient (Wildman–Crippen LogP) is 4.29. The van der Waals surface area contributed by atoms with Gasteiger partial charge in [0.05, 0.1) is 24.0 Å². The van der Waals surface area contributed by atoms with Gasteiger partial charge in [-0.1, -0.05) is 35.9 Å². The molecule has 0 atom stereocenters. The zero-order valence-electron chi connectivity index (χ0n) is 16.5. The summed E-state index contributed by atoms with van der Waals surface area (Å²) in [6.07, 6.45) is 1.61. The Hall–Kier alpha value is -3.25.